The fourth-order valence-corrected chi connectivity index (χ4v) is 2.80. The molecular weight excluding hydrogens is 338 g/mol. The standard InChI is InChI=1S/C15H18BrNO4/c1-10-4-2-3-7-17(10)14(18)9-21-13-8-11(15(19)20)5-6-12(13)16/h5-6,8,10H,2-4,7,9H2,1H3,(H,19,20). The minimum absolute atomic E-state index is 0.0603. The zero-order valence-electron chi connectivity index (χ0n) is 11.8. The lowest BCUT2D eigenvalue weighted by molar-refractivity contribution is -0.136. The van der Waals surface area contributed by atoms with Crippen LogP contribution in [0, 0.1) is 0 Å². The van der Waals surface area contributed by atoms with Crippen LogP contribution in [0.2, 0.25) is 0 Å². The Morgan fingerprint density at radius 2 is 2.19 bits per heavy atom. The molecule has 1 fully saturated rings. The lowest BCUT2D eigenvalue weighted by atomic mass is 10.0. The van der Waals surface area contributed by atoms with Crippen molar-refractivity contribution in [3.05, 3.63) is 28.2 Å². The molecule has 0 spiro atoms. The van der Waals surface area contributed by atoms with Gasteiger partial charge in [0, 0.05) is 12.6 Å². The Labute approximate surface area is 132 Å². The van der Waals surface area contributed by atoms with Crippen molar-refractivity contribution in [1.82, 2.24) is 4.90 Å². The smallest absolute Gasteiger partial charge is 0.335 e. The summed E-state index contributed by atoms with van der Waals surface area (Å²) in [6.45, 7) is 2.73. The lowest BCUT2D eigenvalue weighted by Gasteiger charge is -2.33. The average Bonchev–Trinajstić information content (AvgIpc) is 2.46. The number of carbonyl (C=O) groups is 2. The summed E-state index contributed by atoms with van der Waals surface area (Å²) in [6.07, 6.45) is 3.19. The molecule has 1 aromatic rings. The van der Waals surface area contributed by atoms with Gasteiger partial charge >= 0.3 is 5.97 Å². The largest absolute Gasteiger partial charge is 0.483 e. The first-order valence-electron chi connectivity index (χ1n) is 6.94. The number of nitrogens with zero attached hydrogens (tertiary/aromatic N) is 1. The van der Waals surface area contributed by atoms with Gasteiger partial charge in [-0.2, -0.15) is 0 Å². The highest BCUT2D eigenvalue weighted by Crippen LogP contribution is 2.26. The number of rotatable bonds is 4. The van der Waals surface area contributed by atoms with Crippen LogP contribution in [-0.2, 0) is 4.79 Å². The summed E-state index contributed by atoms with van der Waals surface area (Å²) < 4.78 is 6.12. The van der Waals surface area contributed by atoms with Crippen molar-refractivity contribution in [1.29, 1.82) is 0 Å². The number of carboxylic acids is 1. The third-order valence-electron chi connectivity index (χ3n) is 3.65. The summed E-state index contributed by atoms with van der Waals surface area (Å²) >= 11 is 3.29. The maximum Gasteiger partial charge on any atom is 0.335 e. The van der Waals surface area contributed by atoms with E-state index in [4.69, 9.17) is 9.84 Å². The first kappa shape index (κ1) is 15.8. The highest BCUT2D eigenvalue weighted by Gasteiger charge is 2.23. The Bertz CT molecular complexity index is 546. The van der Waals surface area contributed by atoms with Gasteiger partial charge in [-0.3, -0.25) is 4.79 Å². The Balaban J connectivity index is 2.00. The quantitative estimate of drug-likeness (QED) is 0.901. The number of carboxylic acid groups (broad SMARTS) is 1. The molecule has 114 valence electrons. The number of hydrogen-bond donors (Lipinski definition) is 1. The first-order valence-corrected chi connectivity index (χ1v) is 7.73. The number of piperidine rings is 1. The van der Waals surface area contributed by atoms with Crippen LogP contribution in [0.15, 0.2) is 22.7 Å². The fraction of sp³-hybridized carbons (Fsp3) is 0.467. The van der Waals surface area contributed by atoms with E-state index in [2.05, 4.69) is 15.9 Å². The number of aromatic carboxylic acids is 1. The van der Waals surface area contributed by atoms with E-state index >= 15 is 0 Å². The van der Waals surface area contributed by atoms with Crippen molar-refractivity contribution in [2.75, 3.05) is 13.2 Å². The molecule has 1 aliphatic heterocycles. The molecular formula is C15H18BrNO4. The maximum atomic E-state index is 12.2. The molecule has 0 aliphatic carbocycles. The third-order valence-corrected chi connectivity index (χ3v) is 4.31. The van der Waals surface area contributed by atoms with E-state index in [0.29, 0.717) is 10.2 Å². The topological polar surface area (TPSA) is 66.8 Å². The predicted molar refractivity (Wildman–Crippen MR) is 81.6 cm³/mol. The molecule has 1 amide bonds. The van der Waals surface area contributed by atoms with Crippen LogP contribution in [0.5, 0.6) is 5.75 Å². The summed E-state index contributed by atoms with van der Waals surface area (Å²) in [5.41, 5.74) is 0.131. The fourth-order valence-electron chi connectivity index (χ4n) is 2.44. The van der Waals surface area contributed by atoms with Gasteiger partial charge in [-0.05, 0) is 60.3 Å². The second kappa shape index (κ2) is 6.93. The molecule has 5 nitrogen and oxygen atoms in total. The SMILES string of the molecule is CC1CCCCN1C(=O)COc1cc(C(=O)O)ccc1Br. The Kier molecular flexibility index (Phi) is 5.22. The van der Waals surface area contributed by atoms with Crippen molar-refractivity contribution in [3.8, 4) is 5.75 Å². The van der Waals surface area contributed by atoms with Gasteiger partial charge in [0.25, 0.3) is 5.91 Å². The molecule has 6 heteroatoms. The summed E-state index contributed by atoms with van der Waals surface area (Å²) in [6, 6.07) is 4.74. The van der Waals surface area contributed by atoms with E-state index in [1.807, 2.05) is 11.8 Å². The van der Waals surface area contributed by atoms with E-state index in [1.165, 1.54) is 12.1 Å². The molecule has 1 unspecified atom stereocenters. The monoisotopic (exact) mass is 355 g/mol. The van der Waals surface area contributed by atoms with E-state index in [-0.39, 0.29) is 24.1 Å². The molecule has 1 saturated heterocycles. The highest BCUT2D eigenvalue weighted by molar-refractivity contribution is 9.10. The van der Waals surface area contributed by atoms with E-state index in [9.17, 15) is 9.59 Å². The molecule has 0 saturated carbocycles. The normalized spacial score (nSPS) is 18.4. The zero-order chi connectivity index (χ0) is 15.4. The molecule has 1 heterocycles. The van der Waals surface area contributed by atoms with Gasteiger partial charge in [-0.25, -0.2) is 4.79 Å². The predicted octanol–water partition coefficient (Wildman–Crippen LogP) is 2.93. The third kappa shape index (κ3) is 3.97. The second-order valence-corrected chi connectivity index (χ2v) is 6.03. The van der Waals surface area contributed by atoms with Crippen molar-refractivity contribution < 1.29 is 19.4 Å². The first-order chi connectivity index (χ1) is 9.99. The Morgan fingerprint density at radius 3 is 2.86 bits per heavy atom. The van der Waals surface area contributed by atoms with Crippen LogP contribution in [0.1, 0.15) is 36.5 Å². The Hall–Kier alpha value is -1.56. The molecule has 1 aliphatic rings. The summed E-state index contributed by atoms with van der Waals surface area (Å²) in [5.74, 6) is -0.717. The molecule has 21 heavy (non-hydrogen) atoms. The molecule has 1 N–H and O–H groups in total. The summed E-state index contributed by atoms with van der Waals surface area (Å²) in [7, 11) is 0. The van der Waals surface area contributed by atoms with Gasteiger partial charge in [-0.1, -0.05) is 0 Å². The molecule has 1 aromatic carbocycles. The number of amides is 1. The van der Waals surface area contributed by atoms with Crippen LogP contribution in [0.4, 0.5) is 0 Å². The van der Waals surface area contributed by atoms with Crippen molar-refractivity contribution in [2.45, 2.75) is 32.2 Å². The maximum absolute atomic E-state index is 12.2. The summed E-state index contributed by atoms with van der Waals surface area (Å²) in [5, 5.41) is 8.97. The minimum Gasteiger partial charge on any atom is -0.483 e. The van der Waals surface area contributed by atoms with Crippen LogP contribution in [0.3, 0.4) is 0 Å². The molecule has 0 bridgehead atoms. The van der Waals surface area contributed by atoms with E-state index in [0.717, 1.165) is 25.8 Å². The van der Waals surface area contributed by atoms with Crippen LogP contribution in [0.25, 0.3) is 0 Å². The number of hydrogen-bond acceptors (Lipinski definition) is 3. The molecule has 2 rings (SSSR count). The van der Waals surface area contributed by atoms with Crippen molar-refractivity contribution in [3.63, 3.8) is 0 Å². The second-order valence-electron chi connectivity index (χ2n) is 5.17. The Morgan fingerprint density at radius 1 is 1.43 bits per heavy atom. The number of carbonyl (C=O) groups excluding carboxylic acids is 1. The van der Waals surface area contributed by atoms with Gasteiger partial charge in [0.1, 0.15) is 5.75 Å². The van der Waals surface area contributed by atoms with Crippen molar-refractivity contribution >= 4 is 27.8 Å². The lowest BCUT2D eigenvalue weighted by Crippen LogP contribution is -2.44. The zero-order valence-corrected chi connectivity index (χ0v) is 13.4. The number of halogens is 1. The average molecular weight is 356 g/mol. The number of likely N-dealkylation sites (tertiary alicyclic amines) is 1. The van der Waals surface area contributed by atoms with E-state index in [1.54, 1.807) is 6.07 Å². The number of ether oxygens (including phenoxy) is 1. The van der Waals surface area contributed by atoms with E-state index < -0.39 is 5.97 Å². The number of benzene rings is 1. The van der Waals surface area contributed by atoms with Gasteiger partial charge in [0.2, 0.25) is 0 Å². The van der Waals surface area contributed by atoms with Gasteiger partial charge < -0.3 is 14.7 Å². The molecule has 0 radical (unpaired) electrons. The molecule has 1 atom stereocenters. The van der Waals surface area contributed by atoms with Gasteiger partial charge in [0.05, 0.1) is 10.0 Å². The minimum atomic E-state index is -1.02. The van der Waals surface area contributed by atoms with Gasteiger partial charge in [-0.15, -0.1) is 0 Å². The van der Waals surface area contributed by atoms with Crippen LogP contribution in [-0.4, -0.2) is 41.1 Å². The van der Waals surface area contributed by atoms with Gasteiger partial charge in [0.15, 0.2) is 6.61 Å². The molecule has 0 aromatic heterocycles. The highest BCUT2D eigenvalue weighted by atomic mass is 79.9. The van der Waals surface area contributed by atoms with Crippen LogP contribution < -0.4 is 4.74 Å². The summed E-state index contributed by atoms with van der Waals surface area (Å²) in [4.78, 5) is 25.0. The van der Waals surface area contributed by atoms with Crippen molar-refractivity contribution in [2.24, 2.45) is 0 Å². The van der Waals surface area contributed by atoms with Crippen LogP contribution >= 0.6 is 15.9 Å².